The molecule has 6 aliphatic rings. The summed E-state index contributed by atoms with van der Waals surface area (Å²) < 4.78 is 50.4. The van der Waals surface area contributed by atoms with Crippen LogP contribution < -0.4 is 5.32 Å². The number of rotatable bonds is 11. The molecule has 3 aliphatic heterocycles. The van der Waals surface area contributed by atoms with Gasteiger partial charge in [0.05, 0.1) is 43.0 Å². The Labute approximate surface area is 370 Å². The summed E-state index contributed by atoms with van der Waals surface area (Å²) >= 11 is 0. The molecule has 3 aliphatic carbocycles. The van der Waals surface area contributed by atoms with Crippen LogP contribution in [0.15, 0.2) is 29.8 Å². The first kappa shape index (κ1) is 47.5. The first-order valence-corrected chi connectivity index (χ1v) is 23.5. The monoisotopic (exact) mass is 869 g/mol. The number of hydrogen-bond acceptors (Lipinski definition) is 13. The van der Waals surface area contributed by atoms with Gasteiger partial charge in [-0.3, -0.25) is 9.59 Å². The third kappa shape index (κ3) is 9.87. The number of carbonyl (C=O) groups excluding carboxylic acids is 2. The molecular weight excluding hydrogens is 793 g/mol. The van der Waals surface area contributed by atoms with Crippen LogP contribution in [0.1, 0.15) is 96.6 Å². The van der Waals surface area contributed by atoms with Gasteiger partial charge < -0.3 is 53.2 Å². The van der Waals surface area contributed by atoms with E-state index in [0.717, 1.165) is 36.1 Å². The topological polar surface area (TPSA) is 143 Å². The number of aliphatic hydroxyl groups excluding tert-OH is 1. The first-order valence-electron chi connectivity index (χ1n) is 23.5. The second kappa shape index (κ2) is 20.4. The van der Waals surface area contributed by atoms with Crippen molar-refractivity contribution < 1.29 is 52.6 Å². The molecule has 19 atom stereocenters. The minimum atomic E-state index is -0.878. The van der Waals surface area contributed by atoms with Crippen LogP contribution in [0.3, 0.4) is 0 Å². The maximum Gasteiger partial charge on any atom is 0.306 e. The fraction of sp³-hybridized carbons (Fsp3) is 0.796. The van der Waals surface area contributed by atoms with Crippen molar-refractivity contribution in [2.24, 2.45) is 35.5 Å². The van der Waals surface area contributed by atoms with E-state index in [-0.39, 0.29) is 78.6 Å². The van der Waals surface area contributed by atoms with Gasteiger partial charge in [0.15, 0.2) is 18.4 Å². The number of esters is 1. The Balaban J connectivity index is 1.21. The lowest BCUT2D eigenvalue weighted by molar-refractivity contribution is -0.314. The van der Waals surface area contributed by atoms with Crippen LogP contribution in [0.5, 0.6) is 0 Å². The zero-order chi connectivity index (χ0) is 44.6. The van der Waals surface area contributed by atoms with E-state index in [1.54, 1.807) is 21.3 Å². The Morgan fingerprint density at radius 1 is 0.839 bits per heavy atom. The molecule has 3 unspecified atom stereocenters. The molecule has 13 nitrogen and oxygen atoms in total. The zero-order valence-corrected chi connectivity index (χ0v) is 39.1. The van der Waals surface area contributed by atoms with Crippen molar-refractivity contribution in [2.45, 2.75) is 179 Å². The van der Waals surface area contributed by atoms with Crippen molar-refractivity contribution in [2.75, 3.05) is 40.7 Å². The van der Waals surface area contributed by atoms with Crippen LogP contribution in [0.25, 0.3) is 0 Å². The smallest absolute Gasteiger partial charge is 0.306 e. The molecule has 0 amide bonds. The van der Waals surface area contributed by atoms with E-state index in [1.807, 2.05) is 20.8 Å². The molecule has 62 heavy (non-hydrogen) atoms. The number of fused-ring (bicyclic) bond motifs is 5. The van der Waals surface area contributed by atoms with Gasteiger partial charge in [0.1, 0.15) is 24.4 Å². The van der Waals surface area contributed by atoms with E-state index in [2.05, 4.69) is 69.4 Å². The Morgan fingerprint density at radius 2 is 1.53 bits per heavy atom. The zero-order valence-electron chi connectivity index (χ0n) is 39.1. The molecule has 0 bridgehead atoms. The number of benzene rings is 1. The number of aliphatic hydroxyl groups is 1. The van der Waals surface area contributed by atoms with E-state index in [9.17, 15) is 9.90 Å². The van der Waals surface area contributed by atoms with Crippen molar-refractivity contribution in [3.63, 3.8) is 0 Å². The van der Waals surface area contributed by atoms with E-state index >= 15 is 4.79 Å². The molecule has 2 N–H and O–H groups in total. The van der Waals surface area contributed by atoms with E-state index < -0.39 is 48.6 Å². The van der Waals surface area contributed by atoms with Crippen LogP contribution >= 0.6 is 0 Å². The van der Waals surface area contributed by atoms with Crippen molar-refractivity contribution >= 4 is 17.4 Å². The average molecular weight is 869 g/mol. The minimum absolute atomic E-state index is 0.00834. The van der Waals surface area contributed by atoms with Gasteiger partial charge in [-0.25, -0.2) is 0 Å². The summed E-state index contributed by atoms with van der Waals surface area (Å²) in [4.78, 5) is 31.3. The summed E-state index contributed by atoms with van der Waals surface area (Å²) in [7, 11) is 9.09. The van der Waals surface area contributed by atoms with Crippen molar-refractivity contribution in [3.05, 3.63) is 41.0 Å². The Kier molecular flexibility index (Phi) is 15.6. The maximum absolute atomic E-state index is 15.1. The number of anilines is 1. The predicted octanol–water partition coefficient (Wildman–Crippen LogP) is 6.39. The van der Waals surface area contributed by atoms with Gasteiger partial charge in [0.2, 0.25) is 0 Å². The molecular formula is C49H76N2O11. The summed E-state index contributed by atoms with van der Waals surface area (Å²) in [6, 6.07) is 6.28. The number of carbonyl (C=O) groups is 2. The fourth-order valence-corrected chi connectivity index (χ4v) is 12.5. The Hall–Kier alpha value is -2.46. The third-order valence-corrected chi connectivity index (χ3v) is 15.5. The Morgan fingerprint density at radius 3 is 2.18 bits per heavy atom. The number of ketones is 1. The average Bonchev–Trinajstić information content (AvgIpc) is 3.81. The number of hydrogen-bond donors (Lipinski definition) is 2. The van der Waals surface area contributed by atoms with Gasteiger partial charge in [0, 0.05) is 50.8 Å². The molecule has 5 fully saturated rings. The molecule has 3 heterocycles. The van der Waals surface area contributed by atoms with Gasteiger partial charge in [-0.1, -0.05) is 26.0 Å². The molecule has 2 saturated carbocycles. The molecule has 348 valence electrons. The van der Waals surface area contributed by atoms with Crippen LogP contribution in [-0.4, -0.2) is 137 Å². The molecule has 0 spiro atoms. The molecule has 1 aromatic rings. The van der Waals surface area contributed by atoms with Crippen molar-refractivity contribution in [1.82, 2.24) is 4.90 Å². The van der Waals surface area contributed by atoms with Crippen LogP contribution in [0, 0.1) is 49.4 Å². The first-order chi connectivity index (χ1) is 29.6. The summed E-state index contributed by atoms with van der Waals surface area (Å²) in [6.45, 7) is 12.2. The SMILES string of the molecule is CC[C@H]1CCC[C@H](O[C@H]2CC[C@H](N(C)C)C(C)O2)[C@@H](C)C(=O)C2=C[C@H]3[C@@H]4C[C@H](O[C@@H]5OC(C)[C@H](OC)C(OC)[C@@H]5OC)C[C@H]4[C@H](Nc4cc(C)cc(C)c4)[C@@H](O)[C@H]3[C@@H]2CC(=O)O1. The number of nitrogens with one attached hydrogen (secondary N) is 1. The van der Waals surface area contributed by atoms with Gasteiger partial charge in [-0.15, -0.1) is 0 Å². The van der Waals surface area contributed by atoms with Crippen LogP contribution in [0.2, 0.25) is 0 Å². The number of Topliss-reactive ketones (excluding diaryl/α,β-unsaturated/α-hetero) is 1. The predicted molar refractivity (Wildman–Crippen MR) is 234 cm³/mol. The number of allylic oxidation sites excluding steroid dienone is 2. The molecule has 13 heteroatoms. The van der Waals surface area contributed by atoms with E-state index in [1.165, 1.54) is 0 Å². The number of nitrogens with zero attached hydrogens (tertiary/aromatic N) is 1. The van der Waals surface area contributed by atoms with E-state index in [4.69, 9.17) is 37.9 Å². The molecule has 3 saturated heterocycles. The summed E-state index contributed by atoms with van der Waals surface area (Å²) in [5.74, 6) is -1.90. The van der Waals surface area contributed by atoms with Crippen LogP contribution in [-0.2, 0) is 47.5 Å². The van der Waals surface area contributed by atoms with Crippen molar-refractivity contribution in [3.8, 4) is 0 Å². The van der Waals surface area contributed by atoms with Gasteiger partial charge in [-0.05, 0) is 140 Å². The third-order valence-electron chi connectivity index (χ3n) is 15.5. The number of cyclic esters (lactones) is 1. The van der Waals surface area contributed by atoms with E-state index in [0.29, 0.717) is 43.7 Å². The summed E-state index contributed by atoms with van der Waals surface area (Å²) in [5.41, 5.74) is 3.79. The maximum atomic E-state index is 15.1. The largest absolute Gasteiger partial charge is 0.462 e. The standard InChI is InChI=1S/C49H76N2O11/c1-12-31-14-13-15-39(62-41-17-16-38(51(7)8)28(5)58-41)27(4)44(53)37-23-34-33-21-32(61-49-48(57-11)47(56-10)46(55-9)29(6)59-49)22-36(33)43(50-30-19-25(2)18-26(3)20-30)45(54)42(34)35(37)24-40(52)60-31/h18-20,23,27-29,31-36,38-39,41-43,45-50,54H,12-17,21-22,24H2,1-11H3/t27-,28?,29?,31+,32+,33+,34+,35-,36-,38+,39+,41+,42-,43+,45+,46+,47?,48+,49+/m1/s1. The summed E-state index contributed by atoms with van der Waals surface area (Å²) in [5, 5.41) is 16.6. The molecule has 7 rings (SSSR count). The Bertz CT molecular complexity index is 1700. The lowest BCUT2D eigenvalue weighted by Crippen LogP contribution is -2.59. The second-order valence-electron chi connectivity index (χ2n) is 19.6. The molecule has 1 aromatic carbocycles. The summed E-state index contributed by atoms with van der Waals surface area (Å²) in [6.07, 6.45) is 3.54. The van der Waals surface area contributed by atoms with Crippen molar-refractivity contribution in [1.29, 1.82) is 0 Å². The normalized spacial score (nSPS) is 42.9. The highest BCUT2D eigenvalue weighted by Crippen LogP contribution is 2.57. The highest BCUT2D eigenvalue weighted by atomic mass is 16.7. The second-order valence-corrected chi connectivity index (χ2v) is 19.6. The quantitative estimate of drug-likeness (QED) is 0.238. The highest BCUT2D eigenvalue weighted by Gasteiger charge is 2.60. The molecule has 0 aromatic heterocycles. The number of aryl methyl sites for hydroxylation is 2. The van der Waals surface area contributed by atoms with Crippen LogP contribution in [0.4, 0.5) is 5.69 Å². The van der Waals surface area contributed by atoms with Gasteiger partial charge in [0.25, 0.3) is 0 Å². The fourth-order valence-electron chi connectivity index (χ4n) is 12.5. The minimum Gasteiger partial charge on any atom is -0.462 e. The number of likely N-dealkylation sites (N-methyl/N-ethyl adjacent to an activating group) is 1. The van der Waals surface area contributed by atoms with Gasteiger partial charge >= 0.3 is 5.97 Å². The lowest BCUT2D eigenvalue weighted by atomic mass is 9.62. The highest BCUT2D eigenvalue weighted by molar-refractivity contribution is 5.99. The molecule has 0 radical (unpaired) electrons. The lowest BCUT2D eigenvalue weighted by Gasteiger charge is -2.47. The number of ether oxygens (including phenoxy) is 8. The van der Waals surface area contributed by atoms with Gasteiger partial charge in [-0.2, -0.15) is 0 Å². The number of methoxy groups -OCH3 is 3.